The Bertz CT molecular complexity index is 471. The van der Waals surface area contributed by atoms with Gasteiger partial charge in [-0.3, -0.25) is 4.68 Å². The van der Waals surface area contributed by atoms with Crippen LogP contribution in [0.25, 0.3) is 10.9 Å². The number of benzene rings is 1. The molecule has 0 aliphatic rings. The van der Waals surface area contributed by atoms with Crippen LogP contribution in [0.5, 0.6) is 0 Å². The van der Waals surface area contributed by atoms with Crippen LogP contribution < -0.4 is 0 Å². The summed E-state index contributed by atoms with van der Waals surface area (Å²) in [7, 11) is 1.86. The fraction of sp³-hybridized carbons (Fsp3) is 0.364. The highest BCUT2D eigenvalue weighted by atomic mass is 19.1. The van der Waals surface area contributed by atoms with E-state index in [1.54, 1.807) is 10.7 Å². The molecule has 74 valence electrons. The van der Waals surface area contributed by atoms with Crippen LogP contribution in [-0.2, 0) is 7.05 Å². The number of halogens is 1. The zero-order valence-corrected chi connectivity index (χ0v) is 8.58. The number of aryl methyl sites for hydroxylation is 1. The van der Waals surface area contributed by atoms with Gasteiger partial charge in [0.2, 0.25) is 0 Å². The van der Waals surface area contributed by atoms with Gasteiger partial charge in [0.1, 0.15) is 5.82 Å². The number of rotatable bonds is 1. The Balaban J connectivity index is 2.86. The summed E-state index contributed by atoms with van der Waals surface area (Å²) >= 11 is 0. The summed E-state index contributed by atoms with van der Waals surface area (Å²) in [6.07, 6.45) is 0. The molecule has 0 spiro atoms. The zero-order chi connectivity index (χ0) is 10.3. The third-order valence-electron chi connectivity index (χ3n) is 2.40. The van der Waals surface area contributed by atoms with E-state index < -0.39 is 0 Å². The predicted octanol–water partition coefficient (Wildman–Crippen LogP) is 2.84. The second-order valence-corrected chi connectivity index (χ2v) is 3.80. The van der Waals surface area contributed by atoms with E-state index in [0.29, 0.717) is 5.39 Å². The van der Waals surface area contributed by atoms with Crippen LogP contribution in [0.2, 0.25) is 0 Å². The summed E-state index contributed by atoms with van der Waals surface area (Å²) in [5, 5.41) is 4.93. The van der Waals surface area contributed by atoms with Crippen molar-refractivity contribution in [3.8, 4) is 0 Å². The Morgan fingerprint density at radius 2 is 2.07 bits per heavy atom. The van der Waals surface area contributed by atoms with E-state index in [1.165, 1.54) is 6.07 Å². The number of hydrogen-bond acceptors (Lipinski definition) is 1. The molecule has 0 aliphatic heterocycles. The van der Waals surface area contributed by atoms with E-state index in [2.05, 4.69) is 5.10 Å². The smallest absolute Gasteiger partial charge is 0.134 e. The summed E-state index contributed by atoms with van der Waals surface area (Å²) in [5.74, 6) is 0.0983. The summed E-state index contributed by atoms with van der Waals surface area (Å²) < 4.78 is 15.3. The van der Waals surface area contributed by atoms with Gasteiger partial charge in [-0.1, -0.05) is 19.9 Å². The molecule has 1 aromatic heterocycles. The van der Waals surface area contributed by atoms with Crippen molar-refractivity contribution in [3.63, 3.8) is 0 Å². The Morgan fingerprint density at radius 1 is 1.36 bits per heavy atom. The molecule has 0 bridgehead atoms. The van der Waals surface area contributed by atoms with Gasteiger partial charge in [-0.15, -0.1) is 0 Å². The lowest BCUT2D eigenvalue weighted by Gasteiger charge is -2.05. The molecule has 0 atom stereocenters. The standard InChI is InChI=1S/C11H13FN2/c1-7(2)11-10-8(12)5-4-6-9(10)13-14(11)3/h4-7H,1-3H3. The molecule has 0 unspecified atom stereocenters. The third-order valence-corrected chi connectivity index (χ3v) is 2.40. The average Bonchev–Trinajstić information content (AvgIpc) is 2.42. The van der Waals surface area contributed by atoms with Gasteiger partial charge >= 0.3 is 0 Å². The molecule has 0 N–H and O–H groups in total. The maximum absolute atomic E-state index is 13.6. The van der Waals surface area contributed by atoms with Crippen molar-refractivity contribution in [2.75, 3.05) is 0 Å². The fourth-order valence-electron chi connectivity index (χ4n) is 1.89. The van der Waals surface area contributed by atoms with Crippen molar-refractivity contribution >= 4 is 10.9 Å². The maximum atomic E-state index is 13.6. The van der Waals surface area contributed by atoms with Gasteiger partial charge in [-0.25, -0.2) is 4.39 Å². The van der Waals surface area contributed by atoms with E-state index in [-0.39, 0.29) is 11.7 Å². The minimum absolute atomic E-state index is 0.181. The topological polar surface area (TPSA) is 17.8 Å². The minimum atomic E-state index is -0.181. The molecule has 0 saturated heterocycles. The van der Waals surface area contributed by atoms with Gasteiger partial charge < -0.3 is 0 Å². The van der Waals surface area contributed by atoms with Gasteiger partial charge in [-0.05, 0) is 18.1 Å². The molecule has 0 saturated carbocycles. The molecular formula is C11H13FN2. The molecule has 1 heterocycles. The van der Waals surface area contributed by atoms with Gasteiger partial charge in [-0.2, -0.15) is 5.10 Å². The number of fused-ring (bicyclic) bond motifs is 1. The van der Waals surface area contributed by atoms with Crippen LogP contribution in [0.4, 0.5) is 4.39 Å². The first-order valence-electron chi connectivity index (χ1n) is 4.72. The van der Waals surface area contributed by atoms with Crippen molar-refractivity contribution < 1.29 is 4.39 Å². The molecule has 1 aromatic carbocycles. The lowest BCUT2D eigenvalue weighted by atomic mass is 10.1. The van der Waals surface area contributed by atoms with Gasteiger partial charge in [0.25, 0.3) is 0 Å². The molecule has 0 amide bonds. The largest absolute Gasteiger partial charge is 0.271 e. The Kier molecular flexibility index (Phi) is 2.02. The number of hydrogen-bond donors (Lipinski definition) is 0. The summed E-state index contributed by atoms with van der Waals surface area (Å²) in [6.45, 7) is 4.09. The van der Waals surface area contributed by atoms with Crippen molar-refractivity contribution in [2.45, 2.75) is 19.8 Å². The van der Waals surface area contributed by atoms with Gasteiger partial charge in [0.15, 0.2) is 0 Å². The molecule has 3 heteroatoms. The Hall–Kier alpha value is -1.38. The van der Waals surface area contributed by atoms with Crippen LogP contribution in [-0.4, -0.2) is 9.78 Å². The van der Waals surface area contributed by atoms with E-state index in [1.807, 2.05) is 27.0 Å². The highest BCUT2D eigenvalue weighted by Crippen LogP contribution is 2.26. The van der Waals surface area contributed by atoms with Crippen LogP contribution in [0.15, 0.2) is 18.2 Å². The summed E-state index contributed by atoms with van der Waals surface area (Å²) in [4.78, 5) is 0. The molecule has 14 heavy (non-hydrogen) atoms. The first-order chi connectivity index (χ1) is 6.61. The second-order valence-electron chi connectivity index (χ2n) is 3.80. The molecule has 2 aromatic rings. The SMILES string of the molecule is CC(C)c1c2c(F)cccc2nn1C. The first kappa shape index (κ1) is 9.19. The highest BCUT2D eigenvalue weighted by Gasteiger charge is 2.14. The van der Waals surface area contributed by atoms with E-state index in [4.69, 9.17) is 0 Å². The molecule has 0 radical (unpaired) electrons. The van der Waals surface area contributed by atoms with Crippen LogP contribution >= 0.6 is 0 Å². The molecule has 2 nitrogen and oxygen atoms in total. The highest BCUT2D eigenvalue weighted by molar-refractivity contribution is 5.82. The average molecular weight is 192 g/mol. The number of aromatic nitrogens is 2. The van der Waals surface area contributed by atoms with E-state index >= 15 is 0 Å². The van der Waals surface area contributed by atoms with Crippen molar-refractivity contribution in [1.29, 1.82) is 0 Å². The predicted molar refractivity (Wildman–Crippen MR) is 54.8 cm³/mol. The van der Waals surface area contributed by atoms with Crippen molar-refractivity contribution in [3.05, 3.63) is 29.7 Å². The molecule has 2 rings (SSSR count). The molecule has 0 aliphatic carbocycles. The summed E-state index contributed by atoms with van der Waals surface area (Å²) in [5.41, 5.74) is 1.69. The Labute approximate surface area is 82.3 Å². The monoisotopic (exact) mass is 192 g/mol. The van der Waals surface area contributed by atoms with Gasteiger partial charge in [0.05, 0.1) is 16.6 Å². The van der Waals surface area contributed by atoms with E-state index in [9.17, 15) is 4.39 Å². The van der Waals surface area contributed by atoms with Crippen LogP contribution in [0, 0.1) is 5.82 Å². The fourth-order valence-corrected chi connectivity index (χ4v) is 1.89. The second kappa shape index (κ2) is 3.08. The van der Waals surface area contributed by atoms with E-state index in [0.717, 1.165) is 11.2 Å². The number of nitrogens with zero attached hydrogens (tertiary/aromatic N) is 2. The summed E-state index contributed by atoms with van der Waals surface area (Å²) in [6, 6.07) is 5.01. The van der Waals surface area contributed by atoms with Gasteiger partial charge in [0, 0.05) is 7.05 Å². The first-order valence-corrected chi connectivity index (χ1v) is 4.72. The molecule has 0 fully saturated rings. The Morgan fingerprint density at radius 3 is 2.71 bits per heavy atom. The minimum Gasteiger partial charge on any atom is -0.271 e. The maximum Gasteiger partial charge on any atom is 0.134 e. The van der Waals surface area contributed by atoms with Crippen molar-refractivity contribution in [1.82, 2.24) is 9.78 Å². The molecular weight excluding hydrogens is 179 g/mol. The lowest BCUT2D eigenvalue weighted by Crippen LogP contribution is -2.00. The third kappa shape index (κ3) is 1.20. The van der Waals surface area contributed by atoms with Crippen molar-refractivity contribution in [2.24, 2.45) is 7.05 Å². The lowest BCUT2D eigenvalue weighted by molar-refractivity contribution is 0.632. The quantitative estimate of drug-likeness (QED) is 0.679. The normalized spacial score (nSPS) is 11.5. The zero-order valence-electron chi connectivity index (χ0n) is 8.58. The van der Waals surface area contributed by atoms with Crippen LogP contribution in [0.1, 0.15) is 25.5 Å². The van der Waals surface area contributed by atoms with Crippen LogP contribution in [0.3, 0.4) is 0 Å².